The largest absolute Gasteiger partial charge is 0.303 e. The second kappa shape index (κ2) is 4.38. The molecule has 0 aromatic carbocycles. The van der Waals surface area contributed by atoms with Crippen LogP contribution in [0, 0.1) is 6.92 Å². The minimum absolute atomic E-state index is 0.343. The topological polar surface area (TPSA) is 42.3 Å². The fourth-order valence-electron chi connectivity index (χ4n) is 0.726. The Balaban J connectivity index is 2.64. The zero-order valence-electron chi connectivity index (χ0n) is 6.90. The van der Waals surface area contributed by atoms with Crippen molar-refractivity contribution in [1.29, 1.82) is 0 Å². The highest BCUT2D eigenvalue weighted by Crippen LogP contribution is 2.06. The Labute approximate surface area is 71.2 Å². The molecule has 0 fully saturated rings. The van der Waals surface area contributed by atoms with Crippen LogP contribution >= 0.6 is 0 Å². The fourth-order valence-corrected chi connectivity index (χ4v) is 0.726. The van der Waals surface area contributed by atoms with Crippen LogP contribution in [0.4, 0.5) is 5.82 Å². The zero-order valence-corrected chi connectivity index (χ0v) is 6.90. The molecule has 0 aliphatic carbocycles. The molecule has 0 spiro atoms. The van der Waals surface area contributed by atoms with Crippen LogP contribution in [-0.2, 0) is 4.79 Å². The molecule has 0 aliphatic heterocycles. The van der Waals surface area contributed by atoms with Crippen LogP contribution in [0.5, 0.6) is 0 Å². The van der Waals surface area contributed by atoms with E-state index in [0.29, 0.717) is 12.2 Å². The number of carbonyl (C=O) groups excluding carboxylic acids is 1. The minimum atomic E-state index is 0.343. The molecule has 1 aromatic rings. The Bertz CT molecular complexity index is 277. The number of aliphatic imine (C=N–C) groups is 1. The molecule has 3 heteroatoms. The summed E-state index contributed by atoms with van der Waals surface area (Å²) in [5.74, 6) is 0.641. The third kappa shape index (κ3) is 2.62. The van der Waals surface area contributed by atoms with Gasteiger partial charge in [0.2, 0.25) is 0 Å². The van der Waals surface area contributed by atoms with Crippen LogP contribution in [0.25, 0.3) is 0 Å². The van der Waals surface area contributed by atoms with Gasteiger partial charge in [0.1, 0.15) is 6.29 Å². The third-order valence-electron chi connectivity index (χ3n) is 1.32. The van der Waals surface area contributed by atoms with E-state index >= 15 is 0 Å². The van der Waals surface area contributed by atoms with Gasteiger partial charge in [0.15, 0.2) is 5.82 Å². The fraction of sp³-hybridized carbons (Fsp3) is 0.222. The average molecular weight is 162 g/mol. The van der Waals surface area contributed by atoms with Crippen LogP contribution < -0.4 is 0 Å². The minimum Gasteiger partial charge on any atom is -0.303 e. The SMILES string of the molecule is Cc1ccc(N=CCC=O)nc1. The summed E-state index contributed by atoms with van der Waals surface area (Å²) in [6.45, 7) is 1.96. The first-order valence-electron chi connectivity index (χ1n) is 3.72. The van der Waals surface area contributed by atoms with E-state index in [1.165, 1.54) is 0 Å². The zero-order chi connectivity index (χ0) is 8.81. The second-order valence-electron chi connectivity index (χ2n) is 2.41. The highest BCUT2D eigenvalue weighted by molar-refractivity contribution is 5.77. The molecule has 1 aromatic heterocycles. The van der Waals surface area contributed by atoms with E-state index in [0.717, 1.165) is 11.8 Å². The van der Waals surface area contributed by atoms with Gasteiger partial charge in [-0.25, -0.2) is 9.98 Å². The Hall–Kier alpha value is -1.51. The Morgan fingerprint density at radius 3 is 3.00 bits per heavy atom. The van der Waals surface area contributed by atoms with Gasteiger partial charge in [0, 0.05) is 18.8 Å². The van der Waals surface area contributed by atoms with E-state index in [-0.39, 0.29) is 0 Å². The van der Waals surface area contributed by atoms with Gasteiger partial charge in [0.05, 0.1) is 0 Å². The van der Waals surface area contributed by atoms with Gasteiger partial charge in [0.25, 0.3) is 0 Å². The van der Waals surface area contributed by atoms with Gasteiger partial charge in [-0.1, -0.05) is 6.07 Å². The third-order valence-corrected chi connectivity index (χ3v) is 1.32. The lowest BCUT2D eigenvalue weighted by atomic mass is 10.3. The van der Waals surface area contributed by atoms with E-state index in [1.54, 1.807) is 12.4 Å². The highest BCUT2D eigenvalue weighted by atomic mass is 16.1. The van der Waals surface area contributed by atoms with Crippen molar-refractivity contribution >= 4 is 18.3 Å². The van der Waals surface area contributed by atoms with Gasteiger partial charge in [-0.2, -0.15) is 0 Å². The number of aryl methyl sites for hydroxylation is 1. The van der Waals surface area contributed by atoms with Crippen molar-refractivity contribution in [2.24, 2.45) is 4.99 Å². The van der Waals surface area contributed by atoms with E-state index in [2.05, 4.69) is 9.98 Å². The molecule has 1 heterocycles. The van der Waals surface area contributed by atoms with E-state index < -0.39 is 0 Å². The molecular weight excluding hydrogens is 152 g/mol. The first-order valence-corrected chi connectivity index (χ1v) is 3.72. The predicted octanol–water partition coefficient (Wildman–Crippen LogP) is 1.68. The maximum atomic E-state index is 9.94. The number of nitrogens with zero attached hydrogens (tertiary/aromatic N) is 2. The number of pyridine rings is 1. The van der Waals surface area contributed by atoms with Crippen molar-refractivity contribution in [2.45, 2.75) is 13.3 Å². The first kappa shape index (κ1) is 8.59. The summed E-state index contributed by atoms with van der Waals surface area (Å²) in [6.07, 6.45) is 4.44. The molecule has 12 heavy (non-hydrogen) atoms. The van der Waals surface area contributed by atoms with Gasteiger partial charge < -0.3 is 4.79 Å². The summed E-state index contributed by atoms with van der Waals surface area (Å²) in [5.41, 5.74) is 1.10. The predicted molar refractivity (Wildman–Crippen MR) is 47.8 cm³/mol. The molecule has 0 atom stereocenters. The second-order valence-corrected chi connectivity index (χ2v) is 2.41. The lowest BCUT2D eigenvalue weighted by Crippen LogP contribution is -1.78. The number of rotatable bonds is 3. The summed E-state index contributed by atoms with van der Waals surface area (Å²) in [4.78, 5) is 17.9. The van der Waals surface area contributed by atoms with Crippen LogP contribution in [-0.4, -0.2) is 17.5 Å². The van der Waals surface area contributed by atoms with Crippen molar-refractivity contribution in [3.63, 3.8) is 0 Å². The van der Waals surface area contributed by atoms with E-state index in [9.17, 15) is 4.79 Å². The van der Waals surface area contributed by atoms with Gasteiger partial charge in [-0.15, -0.1) is 0 Å². The van der Waals surface area contributed by atoms with Gasteiger partial charge in [-0.05, 0) is 18.6 Å². The van der Waals surface area contributed by atoms with Crippen molar-refractivity contribution < 1.29 is 4.79 Å². The summed E-state index contributed by atoms with van der Waals surface area (Å²) in [7, 11) is 0. The van der Waals surface area contributed by atoms with Crippen LogP contribution in [0.15, 0.2) is 23.3 Å². The molecule has 0 N–H and O–H groups in total. The molecular formula is C9H10N2O. The summed E-state index contributed by atoms with van der Waals surface area (Å²) < 4.78 is 0. The number of hydrogen-bond acceptors (Lipinski definition) is 3. The molecule has 0 aliphatic rings. The number of aldehydes is 1. The lowest BCUT2D eigenvalue weighted by molar-refractivity contribution is -0.106. The number of hydrogen-bond donors (Lipinski definition) is 0. The average Bonchev–Trinajstić information content (AvgIpc) is 2.09. The standard InChI is InChI=1S/C9H10N2O/c1-8-3-4-9(11-7-8)10-5-2-6-12/h3-7H,2H2,1H3. The maximum Gasteiger partial charge on any atom is 0.151 e. The summed E-state index contributed by atoms with van der Waals surface area (Å²) in [5, 5.41) is 0. The van der Waals surface area contributed by atoms with E-state index in [1.807, 2.05) is 19.1 Å². The smallest absolute Gasteiger partial charge is 0.151 e. The van der Waals surface area contributed by atoms with Crippen LogP contribution in [0.3, 0.4) is 0 Å². The molecule has 0 amide bonds. The number of aromatic nitrogens is 1. The molecule has 0 bridgehead atoms. The summed E-state index contributed by atoms with van der Waals surface area (Å²) >= 11 is 0. The van der Waals surface area contributed by atoms with Crippen molar-refractivity contribution in [3.05, 3.63) is 23.9 Å². The maximum absolute atomic E-state index is 9.94. The summed E-state index contributed by atoms with van der Waals surface area (Å²) in [6, 6.07) is 3.75. The van der Waals surface area contributed by atoms with Gasteiger partial charge in [-0.3, -0.25) is 0 Å². The molecule has 0 unspecified atom stereocenters. The molecule has 62 valence electrons. The lowest BCUT2D eigenvalue weighted by Gasteiger charge is -1.91. The quantitative estimate of drug-likeness (QED) is 0.501. The Morgan fingerprint density at radius 2 is 2.42 bits per heavy atom. The highest BCUT2D eigenvalue weighted by Gasteiger charge is 1.87. The number of carbonyl (C=O) groups is 1. The Kier molecular flexibility index (Phi) is 3.14. The van der Waals surface area contributed by atoms with Crippen LogP contribution in [0.2, 0.25) is 0 Å². The van der Waals surface area contributed by atoms with Crippen molar-refractivity contribution in [3.8, 4) is 0 Å². The molecule has 0 saturated heterocycles. The molecule has 0 radical (unpaired) electrons. The van der Waals surface area contributed by atoms with Gasteiger partial charge >= 0.3 is 0 Å². The van der Waals surface area contributed by atoms with Crippen LogP contribution in [0.1, 0.15) is 12.0 Å². The first-order chi connectivity index (χ1) is 5.83. The molecule has 0 saturated carbocycles. The van der Waals surface area contributed by atoms with Crippen molar-refractivity contribution in [1.82, 2.24) is 4.98 Å². The Morgan fingerprint density at radius 1 is 1.58 bits per heavy atom. The van der Waals surface area contributed by atoms with E-state index in [4.69, 9.17) is 0 Å². The monoisotopic (exact) mass is 162 g/mol. The van der Waals surface area contributed by atoms with Crippen molar-refractivity contribution in [2.75, 3.05) is 0 Å². The molecule has 1 rings (SSSR count). The normalized spacial score (nSPS) is 10.4. The molecule has 3 nitrogen and oxygen atoms in total.